The van der Waals surface area contributed by atoms with Gasteiger partial charge in [0, 0.05) is 19.7 Å². The molecular weight excluding hydrogens is 296 g/mol. The summed E-state index contributed by atoms with van der Waals surface area (Å²) in [6, 6.07) is 0. The van der Waals surface area contributed by atoms with Crippen molar-refractivity contribution in [3.63, 3.8) is 0 Å². The molecule has 8 heteroatoms. The van der Waals surface area contributed by atoms with Gasteiger partial charge in [-0.3, -0.25) is 0 Å². The van der Waals surface area contributed by atoms with E-state index in [2.05, 4.69) is 4.98 Å². The zero-order chi connectivity index (χ0) is 13.2. The number of aromatic nitrogens is 1. The quantitative estimate of drug-likeness (QED) is 0.832. The lowest BCUT2D eigenvalue weighted by atomic mass is 10.1. The molecule has 1 saturated heterocycles. The van der Waals surface area contributed by atoms with Crippen molar-refractivity contribution < 1.29 is 13.2 Å². The third-order valence-electron chi connectivity index (χ3n) is 2.89. The van der Waals surface area contributed by atoms with Gasteiger partial charge in [0.05, 0.1) is 12.8 Å². The normalized spacial score (nSPS) is 20.7. The molecule has 1 aliphatic heterocycles. The van der Waals surface area contributed by atoms with Gasteiger partial charge in [-0.1, -0.05) is 29.9 Å². The summed E-state index contributed by atoms with van der Waals surface area (Å²) < 4.78 is 31.9. The highest BCUT2D eigenvalue weighted by Gasteiger charge is 2.29. The first kappa shape index (κ1) is 14.2. The second-order valence-electron chi connectivity index (χ2n) is 4.12. The maximum atomic E-state index is 12.4. The Kier molecular flexibility index (Phi) is 4.60. The second kappa shape index (κ2) is 5.83. The van der Waals surface area contributed by atoms with Crippen LogP contribution in [-0.2, 0) is 14.8 Å². The van der Waals surface area contributed by atoms with Crippen LogP contribution in [0.25, 0.3) is 0 Å². The molecule has 0 amide bonds. The molecule has 0 N–H and O–H groups in total. The van der Waals surface area contributed by atoms with Crippen LogP contribution in [-0.4, -0.2) is 44.0 Å². The number of rotatable bonds is 5. The fourth-order valence-corrected chi connectivity index (χ4v) is 4.87. The number of hydrogen-bond donors (Lipinski definition) is 0. The van der Waals surface area contributed by atoms with Crippen molar-refractivity contribution in [1.82, 2.24) is 9.29 Å². The molecule has 1 aliphatic rings. The first-order valence-corrected chi connectivity index (χ1v) is 8.36. The van der Waals surface area contributed by atoms with E-state index in [0.717, 1.165) is 17.8 Å². The summed E-state index contributed by atoms with van der Waals surface area (Å²) in [5.41, 5.74) is 0. The zero-order valence-corrected chi connectivity index (χ0v) is 12.4. The van der Waals surface area contributed by atoms with Gasteiger partial charge in [0.25, 0.3) is 10.0 Å². The standard InChI is InChI=1S/C10H15ClN2O3S2/c1-2-13(6-8-3-4-16-7-8)18(14,15)9-5-12-10(11)17-9/h5,8H,2-4,6-7H2,1H3. The Labute approximate surface area is 116 Å². The highest BCUT2D eigenvalue weighted by molar-refractivity contribution is 7.91. The van der Waals surface area contributed by atoms with E-state index in [1.54, 1.807) is 0 Å². The molecule has 0 saturated carbocycles. The van der Waals surface area contributed by atoms with Crippen LogP contribution in [0.1, 0.15) is 13.3 Å². The van der Waals surface area contributed by atoms with Gasteiger partial charge < -0.3 is 4.74 Å². The lowest BCUT2D eigenvalue weighted by molar-refractivity contribution is 0.181. The van der Waals surface area contributed by atoms with Crippen molar-refractivity contribution >= 4 is 33.0 Å². The van der Waals surface area contributed by atoms with Gasteiger partial charge in [0.15, 0.2) is 8.68 Å². The van der Waals surface area contributed by atoms with Crippen LogP contribution in [0.4, 0.5) is 0 Å². The number of sulfonamides is 1. The van der Waals surface area contributed by atoms with Crippen molar-refractivity contribution in [2.45, 2.75) is 17.6 Å². The highest BCUT2D eigenvalue weighted by Crippen LogP contribution is 2.26. The maximum absolute atomic E-state index is 12.4. The van der Waals surface area contributed by atoms with E-state index >= 15 is 0 Å². The summed E-state index contributed by atoms with van der Waals surface area (Å²) in [4.78, 5) is 3.78. The molecule has 0 aromatic carbocycles. The van der Waals surface area contributed by atoms with Crippen molar-refractivity contribution in [3.8, 4) is 0 Å². The zero-order valence-electron chi connectivity index (χ0n) is 10.0. The van der Waals surface area contributed by atoms with E-state index < -0.39 is 10.0 Å². The van der Waals surface area contributed by atoms with E-state index in [0.29, 0.717) is 26.3 Å². The molecule has 18 heavy (non-hydrogen) atoms. The predicted octanol–water partition coefficient (Wildman–Crippen LogP) is 1.84. The third-order valence-corrected chi connectivity index (χ3v) is 6.38. The first-order valence-electron chi connectivity index (χ1n) is 5.73. The van der Waals surface area contributed by atoms with E-state index in [4.69, 9.17) is 16.3 Å². The molecule has 102 valence electrons. The topological polar surface area (TPSA) is 59.5 Å². The molecular formula is C10H15ClN2O3S2. The molecule has 0 bridgehead atoms. The minimum absolute atomic E-state index is 0.202. The van der Waals surface area contributed by atoms with Crippen molar-refractivity contribution in [1.29, 1.82) is 0 Å². The van der Waals surface area contributed by atoms with Gasteiger partial charge in [-0.2, -0.15) is 4.31 Å². The Morgan fingerprint density at radius 3 is 2.94 bits per heavy atom. The van der Waals surface area contributed by atoms with Gasteiger partial charge in [0.1, 0.15) is 0 Å². The molecule has 2 heterocycles. The lowest BCUT2D eigenvalue weighted by Crippen LogP contribution is -2.35. The van der Waals surface area contributed by atoms with Gasteiger partial charge in [-0.15, -0.1) is 0 Å². The van der Waals surface area contributed by atoms with Crippen LogP contribution in [0.15, 0.2) is 10.4 Å². The summed E-state index contributed by atoms with van der Waals surface area (Å²) in [7, 11) is -3.47. The van der Waals surface area contributed by atoms with E-state index in [-0.39, 0.29) is 14.6 Å². The molecule has 1 fully saturated rings. The fourth-order valence-electron chi connectivity index (χ4n) is 1.90. The van der Waals surface area contributed by atoms with Crippen LogP contribution >= 0.6 is 22.9 Å². The minimum Gasteiger partial charge on any atom is -0.381 e. The second-order valence-corrected chi connectivity index (χ2v) is 7.90. The first-order chi connectivity index (χ1) is 8.54. The van der Waals surface area contributed by atoms with Crippen LogP contribution in [0, 0.1) is 5.92 Å². The summed E-state index contributed by atoms with van der Waals surface area (Å²) in [6.07, 6.45) is 2.23. The van der Waals surface area contributed by atoms with Gasteiger partial charge in [-0.05, 0) is 12.3 Å². The average Bonchev–Trinajstić information content (AvgIpc) is 2.96. The number of halogens is 1. The average molecular weight is 311 g/mol. The third kappa shape index (κ3) is 3.03. The van der Waals surface area contributed by atoms with E-state index in [1.807, 2.05) is 6.92 Å². The molecule has 2 rings (SSSR count). The van der Waals surface area contributed by atoms with Crippen LogP contribution in [0.2, 0.25) is 4.47 Å². The SMILES string of the molecule is CCN(CC1CCOC1)S(=O)(=O)c1cnc(Cl)s1. The lowest BCUT2D eigenvalue weighted by Gasteiger charge is -2.21. The monoisotopic (exact) mass is 310 g/mol. The number of ether oxygens (including phenoxy) is 1. The van der Waals surface area contributed by atoms with Crippen molar-refractivity contribution in [2.75, 3.05) is 26.3 Å². The summed E-state index contributed by atoms with van der Waals surface area (Å²) >= 11 is 6.68. The summed E-state index contributed by atoms with van der Waals surface area (Å²) in [5.74, 6) is 0.281. The number of thiazole rings is 1. The Morgan fingerprint density at radius 1 is 1.67 bits per heavy atom. The van der Waals surface area contributed by atoms with Gasteiger partial charge in [-0.25, -0.2) is 13.4 Å². The fraction of sp³-hybridized carbons (Fsp3) is 0.700. The van der Waals surface area contributed by atoms with Gasteiger partial charge in [0.2, 0.25) is 0 Å². The largest absolute Gasteiger partial charge is 0.381 e. The highest BCUT2D eigenvalue weighted by atomic mass is 35.5. The number of hydrogen-bond acceptors (Lipinski definition) is 5. The van der Waals surface area contributed by atoms with Crippen molar-refractivity contribution in [3.05, 3.63) is 10.7 Å². The molecule has 5 nitrogen and oxygen atoms in total. The summed E-state index contributed by atoms with van der Waals surface area (Å²) in [5, 5.41) is 0. The molecule has 1 unspecified atom stereocenters. The Morgan fingerprint density at radius 2 is 2.44 bits per heavy atom. The predicted molar refractivity (Wildman–Crippen MR) is 70.5 cm³/mol. The number of nitrogens with zero attached hydrogens (tertiary/aromatic N) is 2. The van der Waals surface area contributed by atoms with Crippen LogP contribution in [0.5, 0.6) is 0 Å². The Bertz CT molecular complexity index is 497. The molecule has 1 aromatic rings. The smallest absolute Gasteiger partial charge is 0.254 e. The molecule has 1 atom stereocenters. The molecule has 0 spiro atoms. The van der Waals surface area contributed by atoms with Crippen molar-refractivity contribution in [2.24, 2.45) is 5.92 Å². The maximum Gasteiger partial charge on any atom is 0.254 e. The molecule has 0 radical (unpaired) electrons. The molecule has 1 aromatic heterocycles. The molecule has 0 aliphatic carbocycles. The minimum atomic E-state index is -3.47. The summed E-state index contributed by atoms with van der Waals surface area (Å²) in [6.45, 7) is 4.11. The van der Waals surface area contributed by atoms with E-state index in [1.165, 1.54) is 10.5 Å². The van der Waals surface area contributed by atoms with Crippen LogP contribution in [0.3, 0.4) is 0 Å². The van der Waals surface area contributed by atoms with Gasteiger partial charge >= 0.3 is 0 Å². The van der Waals surface area contributed by atoms with Crippen LogP contribution < -0.4 is 0 Å². The Hall–Kier alpha value is -0.210. The van der Waals surface area contributed by atoms with E-state index in [9.17, 15) is 8.42 Å². The Balaban J connectivity index is 2.15.